The number of nitrogens with one attached hydrogen (secondary N) is 1. The smallest absolute Gasteiger partial charge is 0.315 e. The van der Waals surface area contributed by atoms with Gasteiger partial charge in [-0.2, -0.15) is 0 Å². The van der Waals surface area contributed by atoms with Crippen LogP contribution in [0.3, 0.4) is 0 Å². The number of aryl methyl sites for hydroxylation is 1. The molecule has 1 N–H and O–H groups in total. The quantitative estimate of drug-likeness (QED) is 0.184. The first kappa shape index (κ1) is 31.0. The summed E-state index contributed by atoms with van der Waals surface area (Å²) >= 11 is 0. The van der Waals surface area contributed by atoms with Crippen LogP contribution in [0.5, 0.6) is 0 Å². The van der Waals surface area contributed by atoms with E-state index in [-0.39, 0.29) is 23.4 Å². The van der Waals surface area contributed by atoms with Gasteiger partial charge in [0.25, 0.3) is 5.56 Å². The molecule has 1 heterocycles. The second-order valence-corrected chi connectivity index (χ2v) is 11.9. The van der Waals surface area contributed by atoms with Gasteiger partial charge in [-0.3, -0.25) is 9.36 Å². The summed E-state index contributed by atoms with van der Waals surface area (Å²) in [6.07, 6.45) is 4.12. The highest BCUT2D eigenvalue weighted by molar-refractivity contribution is 5.92. The van der Waals surface area contributed by atoms with Crippen LogP contribution in [0.25, 0.3) is 16.6 Å². The topological polar surface area (TPSA) is 67.2 Å². The van der Waals surface area contributed by atoms with Gasteiger partial charge in [-0.05, 0) is 67.0 Å². The molecular weight excluding hydrogens is 520 g/mol. The number of nitrogens with zero attached hydrogens (tertiary/aromatic N) is 3. The van der Waals surface area contributed by atoms with Gasteiger partial charge >= 0.3 is 6.03 Å². The molecule has 222 valence electrons. The number of hydrogen-bond donors (Lipinski definition) is 1. The zero-order valence-electron chi connectivity index (χ0n) is 26.3. The Labute approximate surface area is 250 Å². The first-order valence-electron chi connectivity index (χ1n) is 15.4. The van der Waals surface area contributed by atoms with Crippen molar-refractivity contribution >= 4 is 22.6 Å². The number of unbranched alkanes of at least 4 members (excludes halogenated alkanes) is 3. The zero-order chi connectivity index (χ0) is 30.4. The molecule has 1 atom stereocenters. The Morgan fingerprint density at radius 1 is 0.857 bits per heavy atom. The predicted molar refractivity (Wildman–Crippen MR) is 175 cm³/mol. The number of rotatable bonds is 11. The summed E-state index contributed by atoms with van der Waals surface area (Å²) in [5, 5.41) is 3.89. The number of fused-ring (bicyclic) bond motifs is 1. The average Bonchev–Trinajstić information content (AvgIpc) is 2.97. The van der Waals surface area contributed by atoms with Crippen molar-refractivity contribution in [2.45, 2.75) is 92.0 Å². The normalized spacial score (nSPS) is 12.2. The van der Waals surface area contributed by atoms with Gasteiger partial charge < -0.3 is 10.2 Å². The minimum Gasteiger partial charge on any atom is -0.315 e. The zero-order valence-corrected chi connectivity index (χ0v) is 26.3. The standard InChI is InChI=1S/C36H46N4O2/c1-8-9-10-15-23-39(36(42)38-33-28(24(2)3)19-16-20-29(33)25(4)5)27(7)34-37-31-21-13-12-18-30(31)35(41)40(34)32-22-14-11-17-26(32)6/h11-14,16-22,24-25,27H,8-10,15,23H2,1-7H3,(H,38,42). The molecule has 0 fully saturated rings. The van der Waals surface area contributed by atoms with E-state index in [1.807, 2.05) is 67.3 Å². The highest BCUT2D eigenvalue weighted by Gasteiger charge is 2.28. The molecule has 1 aromatic heterocycles. The van der Waals surface area contributed by atoms with E-state index in [0.29, 0.717) is 23.3 Å². The SMILES string of the molecule is CCCCCCN(C(=O)Nc1c(C(C)C)cccc1C(C)C)C(C)c1nc2ccccc2c(=O)n1-c1ccccc1C. The lowest BCUT2D eigenvalue weighted by molar-refractivity contribution is 0.187. The van der Waals surface area contributed by atoms with Gasteiger partial charge in [-0.25, -0.2) is 9.78 Å². The average molecular weight is 567 g/mol. The maximum atomic E-state index is 14.3. The third-order valence-corrected chi connectivity index (χ3v) is 8.12. The highest BCUT2D eigenvalue weighted by Crippen LogP contribution is 2.33. The number of aromatic nitrogens is 2. The summed E-state index contributed by atoms with van der Waals surface area (Å²) in [6.45, 7) is 15.3. The van der Waals surface area contributed by atoms with E-state index in [1.165, 1.54) is 0 Å². The Kier molecular flexibility index (Phi) is 10.2. The summed E-state index contributed by atoms with van der Waals surface area (Å²) in [6, 6.07) is 20.9. The van der Waals surface area contributed by atoms with Crippen molar-refractivity contribution < 1.29 is 4.79 Å². The minimum atomic E-state index is -0.461. The molecule has 6 heteroatoms. The lowest BCUT2D eigenvalue weighted by atomic mass is 9.92. The first-order valence-corrected chi connectivity index (χ1v) is 15.4. The van der Waals surface area contributed by atoms with E-state index in [2.05, 4.69) is 58.1 Å². The number of benzene rings is 3. The largest absolute Gasteiger partial charge is 0.322 e. The van der Waals surface area contributed by atoms with E-state index >= 15 is 0 Å². The second kappa shape index (κ2) is 13.8. The molecule has 0 saturated carbocycles. The predicted octanol–water partition coefficient (Wildman–Crippen LogP) is 9.12. The molecule has 0 spiro atoms. The van der Waals surface area contributed by atoms with E-state index < -0.39 is 6.04 Å². The number of anilines is 1. The molecule has 42 heavy (non-hydrogen) atoms. The Morgan fingerprint density at radius 2 is 1.50 bits per heavy atom. The van der Waals surface area contributed by atoms with Crippen LogP contribution in [0.1, 0.15) is 108 Å². The van der Waals surface area contributed by atoms with Gasteiger partial charge in [-0.1, -0.05) is 102 Å². The summed E-state index contributed by atoms with van der Waals surface area (Å²) in [5.74, 6) is 1.06. The Balaban J connectivity index is 1.85. The number of carbonyl (C=O) groups excluding carboxylic acids is 1. The van der Waals surface area contributed by atoms with E-state index in [0.717, 1.165) is 53.7 Å². The van der Waals surface area contributed by atoms with Gasteiger partial charge in [0.1, 0.15) is 5.82 Å². The molecular formula is C36H46N4O2. The van der Waals surface area contributed by atoms with E-state index in [1.54, 1.807) is 4.57 Å². The van der Waals surface area contributed by atoms with Crippen molar-refractivity contribution in [2.24, 2.45) is 0 Å². The number of hydrogen-bond acceptors (Lipinski definition) is 3. The summed E-state index contributed by atoms with van der Waals surface area (Å²) < 4.78 is 1.70. The van der Waals surface area contributed by atoms with Gasteiger partial charge in [-0.15, -0.1) is 0 Å². The van der Waals surface area contributed by atoms with Crippen molar-refractivity contribution in [3.8, 4) is 5.69 Å². The fourth-order valence-electron chi connectivity index (χ4n) is 5.67. The molecule has 4 rings (SSSR count). The molecule has 1 unspecified atom stereocenters. The lowest BCUT2D eigenvalue weighted by Gasteiger charge is -2.32. The highest BCUT2D eigenvalue weighted by atomic mass is 16.2. The number of urea groups is 1. The van der Waals surface area contributed by atoms with Crippen LogP contribution in [0.2, 0.25) is 0 Å². The van der Waals surface area contributed by atoms with Crippen molar-refractivity contribution in [3.63, 3.8) is 0 Å². The Bertz CT molecular complexity index is 1560. The summed E-state index contributed by atoms with van der Waals surface area (Å²) in [7, 11) is 0. The van der Waals surface area contributed by atoms with Crippen molar-refractivity contribution in [1.29, 1.82) is 0 Å². The molecule has 2 amide bonds. The number of para-hydroxylation sites is 3. The van der Waals surface area contributed by atoms with Crippen molar-refractivity contribution in [3.05, 3.63) is 99.6 Å². The molecule has 0 aliphatic rings. The second-order valence-electron chi connectivity index (χ2n) is 11.9. The van der Waals surface area contributed by atoms with Crippen molar-refractivity contribution in [1.82, 2.24) is 14.5 Å². The van der Waals surface area contributed by atoms with E-state index in [9.17, 15) is 9.59 Å². The van der Waals surface area contributed by atoms with E-state index in [4.69, 9.17) is 4.98 Å². The monoisotopic (exact) mass is 566 g/mol. The molecule has 0 aliphatic heterocycles. The number of amides is 2. The van der Waals surface area contributed by atoms with Gasteiger partial charge in [0.2, 0.25) is 0 Å². The molecule has 4 aromatic rings. The maximum absolute atomic E-state index is 14.3. The Morgan fingerprint density at radius 3 is 2.14 bits per heavy atom. The minimum absolute atomic E-state index is 0.129. The molecule has 6 nitrogen and oxygen atoms in total. The molecule has 0 radical (unpaired) electrons. The molecule has 0 bridgehead atoms. The fourth-order valence-corrected chi connectivity index (χ4v) is 5.67. The maximum Gasteiger partial charge on any atom is 0.322 e. The van der Waals surface area contributed by atoms with Gasteiger partial charge in [0.05, 0.1) is 22.6 Å². The van der Waals surface area contributed by atoms with Crippen LogP contribution >= 0.6 is 0 Å². The third-order valence-electron chi connectivity index (χ3n) is 8.12. The third kappa shape index (κ3) is 6.59. The van der Waals surface area contributed by atoms with Crippen LogP contribution < -0.4 is 10.9 Å². The molecule has 3 aromatic carbocycles. The fraction of sp³-hybridized carbons (Fsp3) is 0.417. The molecule has 0 saturated heterocycles. The summed E-state index contributed by atoms with van der Waals surface area (Å²) in [4.78, 5) is 35.2. The van der Waals surface area contributed by atoms with Crippen molar-refractivity contribution in [2.75, 3.05) is 11.9 Å². The molecule has 0 aliphatic carbocycles. The van der Waals surface area contributed by atoms with Gasteiger partial charge in [0.15, 0.2) is 0 Å². The van der Waals surface area contributed by atoms with Crippen LogP contribution in [0.4, 0.5) is 10.5 Å². The van der Waals surface area contributed by atoms with Gasteiger partial charge in [0, 0.05) is 12.2 Å². The lowest BCUT2D eigenvalue weighted by Crippen LogP contribution is -2.41. The van der Waals surface area contributed by atoms with Crippen LogP contribution in [-0.2, 0) is 0 Å². The first-order chi connectivity index (χ1) is 20.1. The van der Waals surface area contributed by atoms with Crippen LogP contribution in [-0.4, -0.2) is 27.0 Å². The van der Waals surface area contributed by atoms with Crippen LogP contribution in [0, 0.1) is 6.92 Å². The number of carbonyl (C=O) groups is 1. The summed E-state index contributed by atoms with van der Waals surface area (Å²) in [5.41, 5.74) is 5.38. The van der Waals surface area contributed by atoms with Crippen LogP contribution in [0.15, 0.2) is 71.5 Å². The Hall–Kier alpha value is -3.93.